The monoisotopic (exact) mass is 202 g/mol. The van der Waals surface area contributed by atoms with Crippen LogP contribution in [0.3, 0.4) is 0 Å². The van der Waals surface area contributed by atoms with Crippen LogP contribution < -0.4 is 0 Å². The van der Waals surface area contributed by atoms with E-state index in [1.54, 1.807) is 0 Å². The lowest BCUT2D eigenvalue weighted by Crippen LogP contribution is -2.21. The molecule has 0 aromatic heterocycles. The van der Waals surface area contributed by atoms with E-state index < -0.39 is 6.10 Å². The van der Waals surface area contributed by atoms with Crippen molar-refractivity contribution in [1.82, 2.24) is 0 Å². The highest BCUT2D eigenvalue weighted by Crippen LogP contribution is 1.96. The zero-order valence-corrected chi connectivity index (χ0v) is 8.48. The molecule has 0 amide bonds. The van der Waals surface area contributed by atoms with Crippen molar-refractivity contribution in [3.05, 3.63) is 12.2 Å². The number of aliphatic hydroxyl groups excluding tert-OH is 2. The van der Waals surface area contributed by atoms with Crippen LogP contribution in [-0.4, -0.2) is 35.5 Å². The summed E-state index contributed by atoms with van der Waals surface area (Å²) in [4.78, 5) is 11.0. The van der Waals surface area contributed by atoms with Crippen LogP contribution in [0, 0.1) is 0 Å². The highest BCUT2D eigenvalue weighted by Gasteiger charge is 2.06. The number of carbonyl (C=O) groups excluding carboxylic acids is 1. The first-order valence-corrected chi connectivity index (χ1v) is 4.80. The van der Waals surface area contributed by atoms with Gasteiger partial charge < -0.3 is 14.9 Å². The molecule has 0 fully saturated rings. The number of esters is 1. The summed E-state index contributed by atoms with van der Waals surface area (Å²) in [5.41, 5.74) is 0. The van der Waals surface area contributed by atoms with Gasteiger partial charge in [0.1, 0.15) is 12.7 Å². The Bertz CT molecular complexity index is 177. The fourth-order valence-corrected chi connectivity index (χ4v) is 0.800. The first-order valence-electron chi connectivity index (χ1n) is 4.80. The van der Waals surface area contributed by atoms with Gasteiger partial charge in [0.25, 0.3) is 0 Å². The zero-order valence-electron chi connectivity index (χ0n) is 8.48. The molecule has 0 aliphatic rings. The van der Waals surface area contributed by atoms with Gasteiger partial charge >= 0.3 is 5.97 Å². The number of ether oxygens (including phenoxy) is 1. The van der Waals surface area contributed by atoms with Crippen LogP contribution in [0.1, 0.15) is 26.2 Å². The molecule has 0 spiro atoms. The Morgan fingerprint density at radius 3 is 2.79 bits per heavy atom. The summed E-state index contributed by atoms with van der Waals surface area (Å²) in [7, 11) is 0. The van der Waals surface area contributed by atoms with E-state index in [0.29, 0.717) is 12.8 Å². The molecule has 0 aromatic rings. The van der Waals surface area contributed by atoms with Gasteiger partial charge in [-0.25, -0.2) is 0 Å². The highest BCUT2D eigenvalue weighted by molar-refractivity contribution is 5.69. The van der Waals surface area contributed by atoms with Crippen LogP contribution >= 0.6 is 0 Å². The second-order valence-corrected chi connectivity index (χ2v) is 2.94. The number of carbonyl (C=O) groups is 1. The summed E-state index contributed by atoms with van der Waals surface area (Å²) in [6, 6.07) is 0. The predicted molar refractivity (Wildman–Crippen MR) is 52.7 cm³/mol. The standard InChI is InChI=1S/C10H18O4/c1-2-3-4-5-6-10(13)14-8-9(12)7-11/h3-4,9,11-12H,2,5-8H2,1H3. The maximum atomic E-state index is 11.0. The molecule has 1 unspecified atom stereocenters. The Labute approximate surface area is 84.2 Å². The fourth-order valence-electron chi connectivity index (χ4n) is 0.800. The van der Waals surface area contributed by atoms with Crippen molar-refractivity contribution < 1.29 is 19.7 Å². The van der Waals surface area contributed by atoms with Crippen molar-refractivity contribution in [2.45, 2.75) is 32.3 Å². The first kappa shape index (κ1) is 13.1. The number of hydrogen-bond donors (Lipinski definition) is 2. The van der Waals surface area contributed by atoms with Crippen LogP contribution in [-0.2, 0) is 9.53 Å². The van der Waals surface area contributed by atoms with Crippen molar-refractivity contribution in [3.8, 4) is 0 Å². The lowest BCUT2D eigenvalue weighted by molar-refractivity contribution is -0.147. The topological polar surface area (TPSA) is 66.8 Å². The molecule has 0 radical (unpaired) electrons. The van der Waals surface area contributed by atoms with Crippen LogP contribution in [0.15, 0.2) is 12.2 Å². The van der Waals surface area contributed by atoms with Gasteiger partial charge in [0.15, 0.2) is 0 Å². The second kappa shape index (κ2) is 8.72. The third-order valence-electron chi connectivity index (χ3n) is 1.56. The molecule has 0 saturated carbocycles. The molecule has 0 aliphatic heterocycles. The zero-order chi connectivity index (χ0) is 10.8. The minimum atomic E-state index is -0.967. The summed E-state index contributed by atoms with van der Waals surface area (Å²) >= 11 is 0. The van der Waals surface area contributed by atoms with Gasteiger partial charge in [0.05, 0.1) is 6.61 Å². The Morgan fingerprint density at radius 1 is 1.50 bits per heavy atom. The van der Waals surface area contributed by atoms with E-state index in [-0.39, 0.29) is 19.2 Å². The maximum Gasteiger partial charge on any atom is 0.306 e. The number of hydrogen-bond acceptors (Lipinski definition) is 4. The molecule has 0 rings (SSSR count). The first-order chi connectivity index (χ1) is 6.70. The molecule has 4 nitrogen and oxygen atoms in total. The maximum absolute atomic E-state index is 11.0. The fraction of sp³-hybridized carbons (Fsp3) is 0.700. The summed E-state index contributed by atoms with van der Waals surface area (Å²) in [6.07, 6.45) is 4.86. The minimum Gasteiger partial charge on any atom is -0.463 e. The van der Waals surface area contributed by atoms with E-state index in [1.165, 1.54) is 0 Å². The van der Waals surface area contributed by atoms with Crippen LogP contribution in [0.2, 0.25) is 0 Å². The second-order valence-electron chi connectivity index (χ2n) is 2.94. The molecule has 0 heterocycles. The van der Waals surface area contributed by atoms with Crippen molar-refractivity contribution in [1.29, 1.82) is 0 Å². The summed E-state index contributed by atoms with van der Waals surface area (Å²) < 4.78 is 4.69. The molecule has 0 bridgehead atoms. The van der Waals surface area contributed by atoms with Crippen molar-refractivity contribution in [3.63, 3.8) is 0 Å². The molecule has 1 atom stereocenters. The number of rotatable bonds is 7. The van der Waals surface area contributed by atoms with Crippen molar-refractivity contribution >= 4 is 5.97 Å². The Hall–Kier alpha value is -0.870. The molecular formula is C10H18O4. The minimum absolute atomic E-state index is 0.132. The number of allylic oxidation sites excluding steroid dienone is 2. The average Bonchev–Trinajstić information content (AvgIpc) is 2.21. The Balaban J connectivity index is 3.41. The average molecular weight is 202 g/mol. The Morgan fingerprint density at radius 2 is 2.21 bits per heavy atom. The molecule has 0 aliphatic carbocycles. The van der Waals surface area contributed by atoms with Gasteiger partial charge in [-0.3, -0.25) is 4.79 Å². The molecule has 82 valence electrons. The van der Waals surface area contributed by atoms with Crippen molar-refractivity contribution in [2.24, 2.45) is 0 Å². The smallest absolute Gasteiger partial charge is 0.306 e. The van der Waals surface area contributed by atoms with Gasteiger partial charge in [0.2, 0.25) is 0 Å². The predicted octanol–water partition coefficient (Wildman–Crippen LogP) is 0.629. The SMILES string of the molecule is CCC=CCCC(=O)OCC(O)CO. The lowest BCUT2D eigenvalue weighted by atomic mass is 10.3. The lowest BCUT2D eigenvalue weighted by Gasteiger charge is -2.07. The normalized spacial score (nSPS) is 13.1. The van der Waals surface area contributed by atoms with Gasteiger partial charge in [-0.2, -0.15) is 0 Å². The van der Waals surface area contributed by atoms with Crippen LogP contribution in [0.4, 0.5) is 0 Å². The summed E-state index contributed by atoms with van der Waals surface area (Å²) in [6.45, 7) is 1.50. The quantitative estimate of drug-likeness (QED) is 0.469. The molecule has 0 saturated heterocycles. The van der Waals surface area contributed by atoms with Crippen LogP contribution in [0.5, 0.6) is 0 Å². The summed E-state index contributed by atoms with van der Waals surface area (Å²) in [5, 5.41) is 17.3. The van der Waals surface area contributed by atoms with Gasteiger partial charge in [-0.15, -0.1) is 0 Å². The molecule has 4 heteroatoms. The van der Waals surface area contributed by atoms with Gasteiger partial charge in [-0.05, 0) is 12.8 Å². The van der Waals surface area contributed by atoms with E-state index in [2.05, 4.69) is 0 Å². The molecule has 0 aromatic carbocycles. The van der Waals surface area contributed by atoms with Gasteiger partial charge in [0, 0.05) is 6.42 Å². The van der Waals surface area contributed by atoms with E-state index >= 15 is 0 Å². The molecular weight excluding hydrogens is 184 g/mol. The van der Waals surface area contributed by atoms with Crippen molar-refractivity contribution in [2.75, 3.05) is 13.2 Å². The van der Waals surface area contributed by atoms with E-state index in [4.69, 9.17) is 14.9 Å². The largest absolute Gasteiger partial charge is 0.463 e. The van der Waals surface area contributed by atoms with E-state index in [9.17, 15) is 4.79 Å². The number of aliphatic hydroxyl groups is 2. The third-order valence-corrected chi connectivity index (χ3v) is 1.56. The van der Waals surface area contributed by atoms with Gasteiger partial charge in [-0.1, -0.05) is 19.1 Å². The molecule has 14 heavy (non-hydrogen) atoms. The third kappa shape index (κ3) is 7.76. The summed E-state index contributed by atoms with van der Waals surface area (Å²) in [5.74, 6) is -0.349. The Kier molecular flexibility index (Phi) is 8.17. The molecule has 2 N–H and O–H groups in total. The van der Waals surface area contributed by atoms with E-state index in [1.807, 2.05) is 19.1 Å². The van der Waals surface area contributed by atoms with E-state index in [0.717, 1.165) is 6.42 Å². The van der Waals surface area contributed by atoms with Crippen LogP contribution in [0.25, 0.3) is 0 Å². The highest BCUT2D eigenvalue weighted by atomic mass is 16.5.